The molecule has 0 atom stereocenters. The Kier molecular flexibility index (Phi) is 15.7. The van der Waals surface area contributed by atoms with Gasteiger partial charge in [0.25, 0.3) is 0 Å². The van der Waals surface area contributed by atoms with E-state index < -0.39 is 29.3 Å². The van der Waals surface area contributed by atoms with Gasteiger partial charge in [-0.15, -0.1) is 0 Å². The van der Waals surface area contributed by atoms with Gasteiger partial charge in [-0.2, -0.15) is 0 Å². The number of carbonyl (C=O) groups is 4. The second-order valence-corrected chi connectivity index (χ2v) is 13.4. The lowest BCUT2D eigenvalue weighted by Gasteiger charge is -2.33. The molecule has 0 bridgehead atoms. The Morgan fingerprint density at radius 2 is 0.842 bits per heavy atom. The van der Waals surface area contributed by atoms with Crippen LogP contribution in [0.5, 0.6) is 23.0 Å². The van der Waals surface area contributed by atoms with Gasteiger partial charge in [-0.3, -0.25) is 0 Å². The number of fused-ring (bicyclic) bond motifs is 1. The molecule has 12 nitrogen and oxygen atoms in total. The normalized spacial score (nSPS) is 12.3. The summed E-state index contributed by atoms with van der Waals surface area (Å²) in [5.74, 6) is -0.558. The molecule has 302 valence electrons. The van der Waals surface area contributed by atoms with E-state index in [0.717, 1.165) is 23.1 Å². The van der Waals surface area contributed by atoms with Gasteiger partial charge in [0.15, 0.2) is 23.0 Å². The highest BCUT2D eigenvalue weighted by Gasteiger charge is 2.42. The van der Waals surface area contributed by atoms with Crippen molar-refractivity contribution in [3.05, 3.63) is 132 Å². The maximum Gasteiger partial charge on any atom is 0.333 e. The number of rotatable bonds is 22. The Morgan fingerprint density at radius 1 is 0.491 bits per heavy atom. The van der Waals surface area contributed by atoms with Gasteiger partial charge in [0.1, 0.15) is 52.9 Å². The second kappa shape index (κ2) is 20.6. The molecular weight excluding hydrogens is 732 g/mol. The van der Waals surface area contributed by atoms with Gasteiger partial charge >= 0.3 is 23.9 Å². The minimum atomic E-state index is -0.712. The smallest absolute Gasteiger partial charge is 0.333 e. The topological polar surface area (TPSA) is 142 Å². The number of ether oxygens (including phenoxy) is 8. The third-order valence-corrected chi connectivity index (χ3v) is 8.81. The largest absolute Gasteiger partial charge is 0.486 e. The number of aryl methyl sites for hydroxylation is 1. The second-order valence-electron chi connectivity index (χ2n) is 13.4. The van der Waals surface area contributed by atoms with Crippen LogP contribution in [0.1, 0.15) is 56.4 Å². The predicted octanol–water partition coefficient (Wildman–Crippen LogP) is 6.96. The maximum atomic E-state index is 12.0. The van der Waals surface area contributed by atoms with Crippen molar-refractivity contribution in [1.29, 1.82) is 0 Å². The van der Waals surface area contributed by atoms with Crippen molar-refractivity contribution in [2.24, 2.45) is 0 Å². The standard InChI is InChI=1S/C45H50O12/c1-29(2)41(46)54-23-19-50-37-15-13-34(27-39(37)52-21-25-56-43(48)31(5)6)45(18-17-33-11-9-10-12-36(33)45)35-14-16-38(51-20-24-55-42(47)30(3)4)40(28-35)53-22-26-57-44(49)32(7)8/h9-16,27-28H,1,3,5,7,17-26H2,2,4,6,8H3. The first-order chi connectivity index (χ1) is 27.2. The highest BCUT2D eigenvalue weighted by atomic mass is 16.6. The van der Waals surface area contributed by atoms with Crippen LogP contribution >= 0.6 is 0 Å². The number of carbonyl (C=O) groups excluding carboxylic acids is 4. The molecule has 1 aliphatic rings. The van der Waals surface area contributed by atoms with Gasteiger partial charge in [0.2, 0.25) is 0 Å². The Hall–Kier alpha value is -6.30. The summed E-state index contributed by atoms with van der Waals surface area (Å²) < 4.78 is 45.4. The summed E-state index contributed by atoms with van der Waals surface area (Å²) >= 11 is 0. The van der Waals surface area contributed by atoms with Crippen molar-refractivity contribution in [2.75, 3.05) is 52.9 Å². The van der Waals surface area contributed by atoms with E-state index >= 15 is 0 Å². The van der Waals surface area contributed by atoms with Crippen molar-refractivity contribution in [3.8, 4) is 23.0 Å². The molecule has 3 aromatic carbocycles. The molecule has 0 unspecified atom stereocenters. The lowest BCUT2D eigenvalue weighted by Crippen LogP contribution is -2.27. The fourth-order valence-corrected chi connectivity index (χ4v) is 6.03. The van der Waals surface area contributed by atoms with E-state index in [1.54, 1.807) is 39.8 Å². The Labute approximate surface area is 333 Å². The minimum Gasteiger partial charge on any atom is -0.486 e. The first-order valence-electron chi connectivity index (χ1n) is 18.4. The summed E-state index contributed by atoms with van der Waals surface area (Å²) in [7, 11) is 0. The molecule has 0 saturated carbocycles. The summed E-state index contributed by atoms with van der Waals surface area (Å²) in [6.45, 7) is 20.7. The van der Waals surface area contributed by atoms with Crippen LogP contribution in [0.4, 0.5) is 0 Å². The van der Waals surface area contributed by atoms with Crippen molar-refractivity contribution >= 4 is 23.9 Å². The van der Waals surface area contributed by atoms with E-state index in [0.29, 0.717) is 29.4 Å². The molecule has 4 rings (SSSR count). The molecule has 0 saturated heterocycles. The molecule has 0 fully saturated rings. The molecule has 57 heavy (non-hydrogen) atoms. The predicted molar refractivity (Wildman–Crippen MR) is 213 cm³/mol. The third-order valence-electron chi connectivity index (χ3n) is 8.81. The SMILES string of the molecule is C=C(C)C(=O)OCCOc1ccc(C2(c3ccc(OCCOC(=O)C(=C)C)c(OCCOC(=O)C(=C)C)c3)CCc3ccccc32)cc1OCCOC(=O)C(=C)C. The van der Waals surface area contributed by atoms with Gasteiger partial charge in [-0.05, 0) is 87.1 Å². The molecule has 12 heteroatoms. The van der Waals surface area contributed by atoms with E-state index in [-0.39, 0.29) is 75.1 Å². The van der Waals surface area contributed by atoms with Crippen LogP contribution in [-0.2, 0) is 50.0 Å². The van der Waals surface area contributed by atoms with Gasteiger partial charge in [0, 0.05) is 27.7 Å². The number of hydrogen-bond donors (Lipinski definition) is 0. The lowest BCUT2D eigenvalue weighted by atomic mass is 9.70. The van der Waals surface area contributed by atoms with Crippen LogP contribution in [0, 0.1) is 0 Å². The van der Waals surface area contributed by atoms with Crippen LogP contribution in [0.2, 0.25) is 0 Å². The fraction of sp³-hybridized carbons (Fsp3) is 0.333. The zero-order valence-electron chi connectivity index (χ0n) is 33.1. The van der Waals surface area contributed by atoms with Crippen molar-refractivity contribution in [3.63, 3.8) is 0 Å². The minimum absolute atomic E-state index is 0.0135. The highest BCUT2D eigenvalue weighted by molar-refractivity contribution is 5.88. The number of esters is 4. The van der Waals surface area contributed by atoms with Crippen LogP contribution in [-0.4, -0.2) is 76.7 Å². The number of benzene rings is 3. The van der Waals surface area contributed by atoms with Gasteiger partial charge in [-0.25, -0.2) is 19.2 Å². The van der Waals surface area contributed by atoms with Gasteiger partial charge < -0.3 is 37.9 Å². The quantitative estimate of drug-likeness (QED) is 0.0450. The fourth-order valence-electron chi connectivity index (χ4n) is 6.03. The van der Waals surface area contributed by atoms with Crippen LogP contribution < -0.4 is 18.9 Å². The monoisotopic (exact) mass is 782 g/mol. The zero-order chi connectivity index (χ0) is 41.5. The van der Waals surface area contributed by atoms with Crippen LogP contribution in [0.3, 0.4) is 0 Å². The first kappa shape index (κ1) is 43.4. The van der Waals surface area contributed by atoms with Gasteiger partial charge in [-0.1, -0.05) is 62.7 Å². The third kappa shape index (κ3) is 11.6. The highest BCUT2D eigenvalue weighted by Crippen LogP contribution is 2.51. The van der Waals surface area contributed by atoms with Crippen molar-refractivity contribution in [1.82, 2.24) is 0 Å². The summed E-state index contributed by atoms with van der Waals surface area (Å²) in [6.07, 6.45) is 1.46. The molecule has 0 aromatic heterocycles. The van der Waals surface area contributed by atoms with E-state index in [1.807, 2.05) is 36.4 Å². The summed E-state index contributed by atoms with van der Waals surface area (Å²) in [4.78, 5) is 47.9. The summed E-state index contributed by atoms with van der Waals surface area (Å²) in [5, 5.41) is 0. The van der Waals surface area contributed by atoms with Gasteiger partial charge in [0.05, 0.1) is 0 Å². The average Bonchev–Trinajstić information content (AvgIpc) is 3.58. The Bertz CT molecular complexity index is 1890. The van der Waals surface area contributed by atoms with E-state index in [4.69, 9.17) is 37.9 Å². The maximum absolute atomic E-state index is 12.0. The molecular formula is C45H50O12. The van der Waals surface area contributed by atoms with Crippen molar-refractivity contribution in [2.45, 2.75) is 46.0 Å². The summed E-state index contributed by atoms with van der Waals surface area (Å²) in [5.41, 5.74) is 4.38. The molecule has 0 heterocycles. The molecule has 3 aromatic rings. The molecule has 0 N–H and O–H groups in total. The molecule has 0 radical (unpaired) electrons. The first-order valence-corrected chi connectivity index (χ1v) is 18.4. The molecule has 0 spiro atoms. The average molecular weight is 783 g/mol. The molecule has 0 aliphatic heterocycles. The zero-order valence-corrected chi connectivity index (χ0v) is 33.1. The molecule has 1 aliphatic carbocycles. The van der Waals surface area contributed by atoms with E-state index in [2.05, 4.69) is 38.4 Å². The van der Waals surface area contributed by atoms with Crippen molar-refractivity contribution < 1.29 is 57.1 Å². The Balaban J connectivity index is 1.73. The van der Waals surface area contributed by atoms with Crippen LogP contribution in [0.25, 0.3) is 0 Å². The number of hydrogen-bond acceptors (Lipinski definition) is 12. The van der Waals surface area contributed by atoms with E-state index in [9.17, 15) is 19.2 Å². The molecule has 0 amide bonds. The summed E-state index contributed by atoms with van der Waals surface area (Å²) in [6, 6.07) is 19.5. The Morgan fingerprint density at radius 3 is 1.21 bits per heavy atom. The van der Waals surface area contributed by atoms with E-state index in [1.165, 1.54) is 5.56 Å². The van der Waals surface area contributed by atoms with Crippen LogP contribution in [0.15, 0.2) is 109 Å². The lowest BCUT2D eigenvalue weighted by molar-refractivity contribution is -0.140.